The van der Waals surface area contributed by atoms with Crippen molar-refractivity contribution in [3.05, 3.63) is 0 Å². The molecule has 0 saturated carbocycles. The van der Waals surface area contributed by atoms with Crippen molar-refractivity contribution in [2.45, 2.75) is 39.2 Å². The maximum atomic E-state index is 11.3. The zero-order valence-corrected chi connectivity index (χ0v) is 10.8. The molecule has 0 radical (unpaired) electrons. The molecule has 4 N–H and O–H groups in total. The number of carboxylic acid groups (broad SMARTS) is 1. The Balaban J connectivity index is 3.76. The summed E-state index contributed by atoms with van der Waals surface area (Å²) in [5.74, 6) is -1.21. The van der Waals surface area contributed by atoms with Crippen LogP contribution in [0.2, 0.25) is 0 Å². The van der Waals surface area contributed by atoms with Gasteiger partial charge >= 0.3 is 12.0 Å². The molecule has 104 valence electrons. The number of amides is 3. The third kappa shape index (κ3) is 7.48. The first kappa shape index (κ1) is 16.2. The zero-order valence-electron chi connectivity index (χ0n) is 10.8. The van der Waals surface area contributed by atoms with Crippen molar-refractivity contribution in [2.24, 2.45) is 0 Å². The van der Waals surface area contributed by atoms with Crippen LogP contribution in [0.15, 0.2) is 0 Å². The van der Waals surface area contributed by atoms with Crippen LogP contribution in [0.25, 0.3) is 0 Å². The number of aliphatic carboxylic acids is 1. The molecule has 0 heterocycles. The fourth-order valence-corrected chi connectivity index (χ4v) is 1.19. The molecule has 7 nitrogen and oxygen atoms in total. The molecule has 1 atom stereocenters. The summed E-state index contributed by atoms with van der Waals surface area (Å²) in [5, 5.41) is 16.1. The van der Waals surface area contributed by atoms with Crippen molar-refractivity contribution in [2.75, 3.05) is 13.1 Å². The van der Waals surface area contributed by atoms with Crippen LogP contribution >= 0.6 is 0 Å². The molecule has 0 aliphatic rings. The van der Waals surface area contributed by atoms with Crippen LogP contribution < -0.4 is 16.0 Å². The van der Waals surface area contributed by atoms with Crippen LogP contribution in [-0.4, -0.2) is 42.1 Å². The van der Waals surface area contributed by atoms with Crippen LogP contribution in [0.5, 0.6) is 0 Å². The van der Waals surface area contributed by atoms with E-state index in [1.54, 1.807) is 6.92 Å². The van der Waals surface area contributed by atoms with Crippen molar-refractivity contribution >= 4 is 17.9 Å². The molecule has 0 aliphatic heterocycles. The highest BCUT2D eigenvalue weighted by molar-refractivity contribution is 5.83. The van der Waals surface area contributed by atoms with E-state index >= 15 is 0 Å². The molecule has 3 amide bonds. The van der Waals surface area contributed by atoms with Crippen molar-refractivity contribution in [3.63, 3.8) is 0 Å². The lowest BCUT2D eigenvalue weighted by molar-refractivity contribution is -0.139. The second-order valence-electron chi connectivity index (χ2n) is 3.80. The van der Waals surface area contributed by atoms with Gasteiger partial charge in [0, 0.05) is 19.5 Å². The average molecular weight is 259 g/mol. The van der Waals surface area contributed by atoms with Gasteiger partial charge in [-0.15, -0.1) is 0 Å². The van der Waals surface area contributed by atoms with Crippen molar-refractivity contribution in [1.29, 1.82) is 0 Å². The number of urea groups is 1. The standard InChI is InChI=1S/C11H21N3O4/c1-3-6-12-9(15)5-7-13-11(18)14-8(4-2)10(16)17/h8H,3-7H2,1-2H3,(H,12,15)(H,16,17)(H2,13,14,18)/t8-/m1/s1. The molecule has 0 bridgehead atoms. The lowest BCUT2D eigenvalue weighted by Gasteiger charge is -2.13. The highest BCUT2D eigenvalue weighted by Gasteiger charge is 2.16. The first-order chi connectivity index (χ1) is 8.51. The molecule has 0 fully saturated rings. The third-order valence-corrected chi connectivity index (χ3v) is 2.22. The molecular weight excluding hydrogens is 238 g/mol. The van der Waals surface area contributed by atoms with E-state index in [4.69, 9.17) is 5.11 Å². The summed E-state index contributed by atoms with van der Waals surface area (Å²) in [4.78, 5) is 33.1. The minimum absolute atomic E-state index is 0.137. The Morgan fingerprint density at radius 3 is 2.28 bits per heavy atom. The second-order valence-corrected chi connectivity index (χ2v) is 3.80. The van der Waals surface area contributed by atoms with Gasteiger partial charge in [0.05, 0.1) is 0 Å². The lowest BCUT2D eigenvalue weighted by atomic mass is 10.2. The zero-order chi connectivity index (χ0) is 14.0. The predicted octanol–water partition coefficient (Wildman–Crippen LogP) is 0.0651. The summed E-state index contributed by atoms with van der Waals surface area (Å²) < 4.78 is 0. The minimum Gasteiger partial charge on any atom is -0.480 e. The third-order valence-electron chi connectivity index (χ3n) is 2.22. The summed E-state index contributed by atoms with van der Waals surface area (Å²) in [6.45, 7) is 4.40. The highest BCUT2D eigenvalue weighted by atomic mass is 16.4. The second kappa shape index (κ2) is 9.26. The molecule has 0 spiro atoms. The fraction of sp³-hybridized carbons (Fsp3) is 0.727. The maximum absolute atomic E-state index is 11.3. The summed E-state index contributed by atoms with van der Waals surface area (Å²) in [5.41, 5.74) is 0. The number of rotatable bonds is 8. The van der Waals surface area contributed by atoms with Crippen molar-refractivity contribution in [1.82, 2.24) is 16.0 Å². The van der Waals surface area contributed by atoms with E-state index in [0.29, 0.717) is 13.0 Å². The molecular formula is C11H21N3O4. The number of carbonyl (C=O) groups excluding carboxylic acids is 2. The number of carbonyl (C=O) groups is 3. The molecule has 0 unspecified atom stereocenters. The highest BCUT2D eigenvalue weighted by Crippen LogP contribution is 1.90. The smallest absolute Gasteiger partial charge is 0.326 e. The average Bonchev–Trinajstić information content (AvgIpc) is 2.33. The Labute approximate surface area is 106 Å². The predicted molar refractivity (Wildman–Crippen MR) is 66.2 cm³/mol. The van der Waals surface area contributed by atoms with Crippen LogP contribution in [0.1, 0.15) is 33.1 Å². The molecule has 18 heavy (non-hydrogen) atoms. The molecule has 0 aliphatic carbocycles. The van der Waals surface area contributed by atoms with E-state index in [1.807, 2.05) is 6.92 Å². The van der Waals surface area contributed by atoms with Gasteiger partial charge in [0.15, 0.2) is 0 Å². The van der Waals surface area contributed by atoms with Gasteiger partial charge in [-0.05, 0) is 12.8 Å². The SMILES string of the molecule is CCCNC(=O)CCNC(=O)N[C@H](CC)C(=O)O. The Kier molecular flexibility index (Phi) is 8.34. The molecule has 0 saturated heterocycles. The van der Waals surface area contributed by atoms with Crippen molar-refractivity contribution in [3.8, 4) is 0 Å². The summed E-state index contributed by atoms with van der Waals surface area (Å²) in [6, 6.07) is -1.48. The van der Waals surface area contributed by atoms with Crippen molar-refractivity contribution < 1.29 is 19.5 Å². The van der Waals surface area contributed by atoms with Crippen LogP contribution in [0.3, 0.4) is 0 Å². The number of hydrogen-bond donors (Lipinski definition) is 4. The quantitative estimate of drug-likeness (QED) is 0.494. The Hall–Kier alpha value is -1.79. The minimum atomic E-state index is -1.08. The maximum Gasteiger partial charge on any atom is 0.326 e. The van der Waals surface area contributed by atoms with E-state index in [-0.39, 0.29) is 18.9 Å². The molecule has 0 rings (SSSR count). The van der Waals surface area contributed by atoms with E-state index in [1.165, 1.54) is 0 Å². The van der Waals surface area contributed by atoms with Gasteiger partial charge in [-0.1, -0.05) is 13.8 Å². The number of carboxylic acids is 1. The fourth-order valence-electron chi connectivity index (χ4n) is 1.19. The molecule has 0 aromatic carbocycles. The van der Waals surface area contributed by atoms with Crippen LogP contribution in [0, 0.1) is 0 Å². The van der Waals surface area contributed by atoms with E-state index in [0.717, 1.165) is 6.42 Å². The van der Waals surface area contributed by atoms with E-state index in [9.17, 15) is 14.4 Å². The van der Waals surface area contributed by atoms with E-state index in [2.05, 4.69) is 16.0 Å². The Morgan fingerprint density at radius 2 is 1.78 bits per heavy atom. The van der Waals surface area contributed by atoms with Crippen LogP contribution in [-0.2, 0) is 9.59 Å². The molecule has 7 heteroatoms. The topological polar surface area (TPSA) is 108 Å². The monoisotopic (exact) mass is 259 g/mol. The summed E-state index contributed by atoms with van der Waals surface area (Å²) in [6.07, 6.45) is 1.34. The van der Waals surface area contributed by atoms with E-state index < -0.39 is 18.0 Å². The van der Waals surface area contributed by atoms with Gasteiger partial charge in [0.2, 0.25) is 5.91 Å². The van der Waals surface area contributed by atoms with Crippen LogP contribution in [0.4, 0.5) is 4.79 Å². The Morgan fingerprint density at radius 1 is 1.11 bits per heavy atom. The number of hydrogen-bond acceptors (Lipinski definition) is 3. The lowest BCUT2D eigenvalue weighted by Crippen LogP contribution is -2.46. The van der Waals surface area contributed by atoms with Gasteiger partial charge in [-0.2, -0.15) is 0 Å². The van der Waals surface area contributed by atoms with Gasteiger partial charge < -0.3 is 21.1 Å². The molecule has 0 aromatic heterocycles. The first-order valence-electron chi connectivity index (χ1n) is 6.05. The van der Waals surface area contributed by atoms with Gasteiger partial charge in [0.1, 0.15) is 6.04 Å². The number of nitrogens with one attached hydrogen (secondary N) is 3. The first-order valence-corrected chi connectivity index (χ1v) is 6.05. The van der Waals surface area contributed by atoms with Gasteiger partial charge in [-0.25, -0.2) is 9.59 Å². The molecule has 0 aromatic rings. The van der Waals surface area contributed by atoms with Gasteiger partial charge in [0.25, 0.3) is 0 Å². The summed E-state index contributed by atoms with van der Waals surface area (Å²) >= 11 is 0. The summed E-state index contributed by atoms with van der Waals surface area (Å²) in [7, 11) is 0. The normalized spacial score (nSPS) is 11.4. The largest absolute Gasteiger partial charge is 0.480 e. The van der Waals surface area contributed by atoms with Gasteiger partial charge in [-0.3, -0.25) is 4.79 Å². The Bertz CT molecular complexity index is 294.